The van der Waals surface area contributed by atoms with E-state index in [1.165, 1.54) is 0 Å². The largest absolute Gasteiger partial charge is 0.462 e. The smallest absolute Gasteiger partial charge is 0.310 e. The maximum Gasteiger partial charge on any atom is 0.310 e. The number of piperidine rings is 1. The number of nitrogens with zero attached hydrogens (tertiary/aromatic N) is 1. The van der Waals surface area contributed by atoms with E-state index in [4.69, 9.17) is 10.5 Å². The molecule has 1 aliphatic carbocycles. The third-order valence-electron chi connectivity index (χ3n) is 4.07. The van der Waals surface area contributed by atoms with Gasteiger partial charge in [0.15, 0.2) is 0 Å². The average Bonchev–Trinajstić information content (AvgIpc) is 2.32. The van der Waals surface area contributed by atoms with Crippen LogP contribution in [0.2, 0.25) is 0 Å². The van der Waals surface area contributed by atoms with Crippen LogP contribution in [0, 0.1) is 5.92 Å². The monoisotopic (exact) mass is 240 g/mol. The second kappa shape index (κ2) is 5.83. The maximum atomic E-state index is 12.0. The predicted molar refractivity (Wildman–Crippen MR) is 66.5 cm³/mol. The van der Waals surface area contributed by atoms with Crippen LogP contribution in [-0.2, 0) is 9.53 Å². The molecule has 98 valence electrons. The topological polar surface area (TPSA) is 55.6 Å². The van der Waals surface area contributed by atoms with Crippen LogP contribution in [0.15, 0.2) is 0 Å². The normalized spacial score (nSPS) is 32.4. The summed E-state index contributed by atoms with van der Waals surface area (Å²) < 4.78 is 5.60. The molecule has 0 aromatic heterocycles. The van der Waals surface area contributed by atoms with E-state index in [1.807, 2.05) is 0 Å². The summed E-state index contributed by atoms with van der Waals surface area (Å²) in [6.07, 6.45) is 6.18. The van der Waals surface area contributed by atoms with E-state index < -0.39 is 0 Å². The Morgan fingerprint density at radius 3 is 2.47 bits per heavy atom. The zero-order valence-electron chi connectivity index (χ0n) is 10.7. The van der Waals surface area contributed by atoms with Gasteiger partial charge in [-0.2, -0.15) is 0 Å². The van der Waals surface area contributed by atoms with Crippen LogP contribution in [0.3, 0.4) is 0 Å². The molecule has 2 N–H and O–H groups in total. The van der Waals surface area contributed by atoms with Crippen molar-refractivity contribution < 1.29 is 9.53 Å². The highest BCUT2D eigenvalue weighted by Crippen LogP contribution is 2.25. The lowest BCUT2D eigenvalue weighted by molar-refractivity contribution is -0.157. The molecule has 0 spiro atoms. The summed E-state index contributed by atoms with van der Waals surface area (Å²) in [7, 11) is 2.11. The van der Waals surface area contributed by atoms with Crippen LogP contribution < -0.4 is 5.73 Å². The van der Waals surface area contributed by atoms with Crippen molar-refractivity contribution in [1.82, 2.24) is 4.90 Å². The molecule has 0 radical (unpaired) electrons. The fourth-order valence-electron chi connectivity index (χ4n) is 2.81. The summed E-state index contributed by atoms with van der Waals surface area (Å²) in [5.41, 5.74) is 6.00. The molecule has 1 aliphatic heterocycles. The molecule has 2 aliphatic rings. The van der Waals surface area contributed by atoms with Crippen LogP contribution in [0.5, 0.6) is 0 Å². The Hall–Kier alpha value is -0.610. The van der Waals surface area contributed by atoms with E-state index in [0.717, 1.165) is 51.6 Å². The molecule has 2 unspecified atom stereocenters. The van der Waals surface area contributed by atoms with Crippen molar-refractivity contribution in [3.8, 4) is 0 Å². The number of ether oxygens (including phenoxy) is 1. The minimum atomic E-state index is -0.0524. The Morgan fingerprint density at radius 2 is 1.82 bits per heavy atom. The zero-order chi connectivity index (χ0) is 12.3. The van der Waals surface area contributed by atoms with Crippen LogP contribution in [-0.4, -0.2) is 43.2 Å². The van der Waals surface area contributed by atoms with Gasteiger partial charge in [-0.25, -0.2) is 0 Å². The van der Waals surface area contributed by atoms with Crippen LogP contribution in [0.25, 0.3) is 0 Å². The standard InChI is InChI=1S/C13H24N2O2/c1-15-8-6-10(7-9-15)17-13(16)11-4-2-3-5-12(11)14/h10-12H,2-9,14H2,1H3. The zero-order valence-corrected chi connectivity index (χ0v) is 10.7. The van der Waals surface area contributed by atoms with Gasteiger partial charge in [0.2, 0.25) is 0 Å². The molecule has 1 saturated carbocycles. The lowest BCUT2D eigenvalue weighted by atomic mass is 9.85. The van der Waals surface area contributed by atoms with Gasteiger partial charge in [0.1, 0.15) is 6.10 Å². The highest BCUT2D eigenvalue weighted by Gasteiger charge is 2.31. The molecular weight excluding hydrogens is 216 g/mol. The molecule has 0 aromatic carbocycles. The molecule has 4 heteroatoms. The molecule has 1 saturated heterocycles. The summed E-state index contributed by atoms with van der Waals surface area (Å²) in [6, 6.07) is 0.0162. The highest BCUT2D eigenvalue weighted by atomic mass is 16.5. The highest BCUT2D eigenvalue weighted by molar-refractivity contribution is 5.73. The van der Waals surface area contributed by atoms with E-state index >= 15 is 0 Å². The molecule has 17 heavy (non-hydrogen) atoms. The molecule has 0 aromatic rings. The third-order valence-corrected chi connectivity index (χ3v) is 4.07. The molecule has 0 amide bonds. The summed E-state index contributed by atoms with van der Waals surface area (Å²) in [4.78, 5) is 14.3. The van der Waals surface area contributed by atoms with E-state index in [9.17, 15) is 4.79 Å². The number of carbonyl (C=O) groups excluding carboxylic acids is 1. The van der Waals surface area contributed by atoms with Gasteiger partial charge in [0, 0.05) is 19.1 Å². The SMILES string of the molecule is CN1CCC(OC(=O)C2CCCCC2N)CC1. The molecule has 2 fully saturated rings. The second-order valence-corrected chi connectivity index (χ2v) is 5.49. The minimum Gasteiger partial charge on any atom is -0.462 e. The Kier molecular flexibility index (Phi) is 4.40. The van der Waals surface area contributed by atoms with Gasteiger partial charge in [-0.1, -0.05) is 12.8 Å². The Labute approximate surface area is 103 Å². The van der Waals surface area contributed by atoms with Crippen molar-refractivity contribution >= 4 is 5.97 Å². The predicted octanol–water partition coefficient (Wildman–Crippen LogP) is 1.14. The summed E-state index contributed by atoms with van der Waals surface area (Å²) in [5.74, 6) is -0.102. The third kappa shape index (κ3) is 3.42. The molecule has 2 rings (SSSR count). The number of rotatable bonds is 2. The van der Waals surface area contributed by atoms with Gasteiger partial charge in [0.05, 0.1) is 5.92 Å². The van der Waals surface area contributed by atoms with Crippen LogP contribution >= 0.6 is 0 Å². The van der Waals surface area contributed by atoms with Crippen molar-refractivity contribution in [3.05, 3.63) is 0 Å². The number of nitrogens with two attached hydrogens (primary N) is 1. The van der Waals surface area contributed by atoms with Gasteiger partial charge in [-0.05, 0) is 32.7 Å². The Morgan fingerprint density at radius 1 is 1.18 bits per heavy atom. The van der Waals surface area contributed by atoms with E-state index in [0.29, 0.717) is 0 Å². The van der Waals surface area contributed by atoms with Gasteiger partial charge in [-0.15, -0.1) is 0 Å². The Balaban J connectivity index is 1.79. The van der Waals surface area contributed by atoms with E-state index in [1.54, 1.807) is 0 Å². The fourth-order valence-corrected chi connectivity index (χ4v) is 2.81. The first-order valence-electron chi connectivity index (χ1n) is 6.81. The first-order chi connectivity index (χ1) is 8.16. The summed E-state index contributed by atoms with van der Waals surface area (Å²) in [5, 5.41) is 0. The minimum absolute atomic E-state index is 0.0162. The fraction of sp³-hybridized carbons (Fsp3) is 0.923. The van der Waals surface area contributed by atoms with Crippen molar-refractivity contribution in [3.63, 3.8) is 0 Å². The number of likely N-dealkylation sites (tertiary alicyclic amines) is 1. The lowest BCUT2D eigenvalue weighted by Gasteiger charge is -2.32. The van der Waals surface area contributed by atoms with Crippen LogP contribution in [0.1, 0.15) is 38.5 Å². The van der Waals surface area contributed by atoms with Gasteiger partial charge >= 0.3 is 5.97 Å². The summed E-state index contributed by atoms with van der Waals surface area (Å²) >= 11 is 0. The summed E-state index contributed by atoms with van der Waals surface area (Å²) in [6.45, 7) is 2.04. The number of hydrogen-bond donors (Lipinski definition) is 1. The second-order valence-electron chi connectivity index (χ2n) is 5.49. The Bertz CT molecular complexity index is 262. The quantitative estimate of drug-likeness (QED) is 0.735. The van der Waals surface area contributed by atoms with Crippen molar-refractivity contribution in [2.24, 2.45) is 11.7 Å². The van der Waals surface area contributed by atoms with Crippen LogP contribution in [0.4, 0.5) is 0 Å². The molecular formula is C13H24N2O2. The number of hydrogen-bond acceptors (Lipinski definition) is 4. The maximum absolute atomic E-state index is 12.0. The van der Waals surface area contributed by atoms with E-state index in [2.05, 4.69) is 11.9 Å². The van der Waals surface area contributed by atoms with Crippen molar-refractivity contribution in [1.29, 1.82) is 0 Å². The molecule has 2 atom stereocenters. The molecule has 1 heterocycles. The van der Waals surface area contributed by atoms with Crippen molar-refractivity contribution in [2.75, 3.05) is 20.1 Å². The first-order valence-corrected chi connectivity index (χ1v) is 6.81. The van der Waals surface area contributed by atoms with E-state index in [-0.39, 0.29) is 24.0 Å². The number of carbonyl (C=O) groups is 1. The van der Waals surface area contributed by atoms with Gasteiger partial charge in [0.25, 0.3) is 0 Å². The lowest BCUT2D eigenvalue weighted by Crippen LogP contribution is -2.42. The van der Waals surface area contributed by atoms with Crippen molar-refractivity contribution in [2.45, 2.75) is 50.7 Å². The molecule has 4 nitrogen and oxygen atoms in total. The molecule has 0 bridgehead atoms. The average molecular weight is 240 g/mol. The van der Waals surface area contributed by atoms with Gasteiger partial charge < -0.3 is 15.4 Å². The van der Waals surface area contributed by atoms with Gasteiger partial charge in [-0.3, -0.25) is 4.79 Å². The number of esters is 1. The first kappa shape index (κ1) is 12.8.